The van der Waals surface area contributed by atoms with Gasteiger partial charge in [0.15, 0.2) is 11.3 Å². The molecule has 4 nitrogen and oxygen atoms in total. The average Bonchev–Trinajstić information content (AvgIpc) is 2.93. The molecule has 0 aliphatic heterocycles. The van der Waals surface area contributed by atoms with Gasteiger partial charge in [0.1, 0.15) is 5.76 Å². The van der Waals surface area contributed by atoms with Gasteiger partial charge in [0.25, 0.3) is 0 Å². The molecular formula is C17H23NO3. The fourth-order valence-corrected chi connectivity index (χ4v) is 3.14. The first kappa shape index (κ1) is 14.4. The van der Waals surface area contributed by atoms with E-state index in [1.165, 1.54) is 6.42 Å². The van der Waals surface area contributed by atoms with Crippen molar-refractivity contribution in [3.05, 3.63) is 30.0 Å². The second-order valence-electron chi connectivity index (χ2n) is 5.87. The zero-order valence-electron chi connectivity index (χ0n) is 12.6. The fraction of sp³-hybridized carbons (Fsp3) is 0.529. The Morgan fingerprint density at radius 3 is 2.90 bits per heavy atom. The third kappa shape index (κ3) is 2.92. The predicted octanol–water partition coefficient (Wildman–Crippen LogP) is 3.40. The van der Waals surface area contributed by atoms with Gasteiger partial charge in [0.2, 0.25) is 0 Å². The molecule has 3 rings (SSSR count). The lowest BCUT2D eigenvalue weighted by atomic mass is 9.92. The van der Waals surface area contributed by atoms with Crippen LogP contribution in [0.15, 0.2) is 28.7 Å². The molecule has 114 valence electrons. The lowest BCUT2D eigenvalue weighted by molar-refractivity contribution is 0.0846. The van der Waals surface area contributed by atoms with Gasteiger partial charge in [-0.15, -0.1) is 0 Å². The molecule has 1 fully saturated rings. The molecule has 2 aromatic rings. The summed E-state index contributed by atoms with van der Waals surface area (Å²) in [6.07, 6.45) is 3.96. The van der Waals surface area contributed by atoms with Crippen molar-refractivity contribution in [2.75, 3.05) is 7.11 Å². The Morgan fingerprint density at radius 2 is 2.14 bits per heavy atom. The van der Waals surface area contributed by atoms with Crippen molar-refractivity contribution in [1.29, 1.82) is 0 Å². The van der Waals surface area contributed by atoms with Crippen molar-refractivity contribution >= 4 is 11.0 Å². The van der Waals surface area contributed by atoms with Crippen LogP contribution >= 0.6 is 0 Å². The van der Waals surface area contributed by atoms with Crippen LogP contribution < -0.4 is 10.1 Å². The molecule has 0 radical (unpaired) electrons. The molecule has 0 bridgehead atoms. The Labute approximate surface area is 125 Å². The SMILES string of the molecule is COc1cccc2cc(C(C)NC3CCCCC3O)oc12. The van der Waals surface area contributed by atoms with Crippen LogP contribution in [0.25, 0.3) is 11.0 Å². The van der Waals surface area contributed by atoms with E-state index in [-0.39, 0.29) is 18.2 Å². The number of rotatable bonds is 4. The summed E-state index contributed by atoms with van der Waals surface area (Å²) in [5.74, 6) is 1.64. The van der Waals surface area contributed by atoms with E-state index >= 15 is 0 Å². The summed E-state index contributed by atoms with van der Waals surface area (Å²) in [6, 6.07) is 8.16. The van der Waals surface area contributed by atoms with Crippen LogP contribution in [0.1, 0.15) is 44.4 Å². The largest absolute Gasteiger partial charge is 0.493 e. The van der Waals surface area contributed by atoms with E-state index in [0.717, 1.165) is 41.7 Å². The zero-order chi connectivity index (χ0) is 14.8. The minimum atomic E-state index is -0.250. The van der Waals surface area contributed by atoms with Crippen molar-refractivity contribution in [2.45, 2.75) is 50.8 Å². The molecule has 1 aliphatic carbocycles. The molecule has 0 amide bonds. The monoisotopic (exact) mass is 289 g/mol. The lowest BCUT2D eigenvalue weighted by Crippen LogP contribution is -2.43. The third-order valence-corrected chi connectivity index (χ3v) is 4.37. The van der Waals surface area contributed by atoms with Gasteiger partial charge in [0, 0.05) is 11.4 Å². The van der Waals surface area contributed by atoms with E-state index in [0.29, 0.717) is 0 Å². The van der Waals surface area contributed by atoms with Crippen LogP contribution in [-0.2, 0) is 0 Å². The minimum Gasteiger partial charge on any atom is -0.493 e. The number of nitrogens with one attached hydrogen (secondary N) is 1. The summed E-state index contributed by atoms with van der Waals surface area (Å²) in [5, 5.41) is 14.6. The van der Waals surface area contributed by atoms with E-state index in [9.17, 15) is 5.11 Å². The highest BCUT2D eigenvalue weighted by Gasteiger charge is 2.25. The summed E-state index contributed by atoms with van der Waals surface area (Å²) in [5.41, 5.74) is 0.785. The number of ether oxygens (including phenoxy) is 1. The van der Waals surface area contributed by atoms with Gasteiger partial charge in [-0.2, -0.15) is 0 Å². The Kier molecular flexibility index (Phi) is 4.17. The Morgan fingerprint density at radius 1 is 1.33 bits per heavy atom. The van der Waals surface area contributed by atoms with E-state index < -0.39 is 0 Å². The number of hydrogen-bond donors (Lipinski definition) is 2. The van der Waals surface area contributed by atoms with E-state index in [1.54, 1.807) is 7.11 Å². The summed E-state index contributed by atoms with van der Waals surface area (Å²) in [7, 11) is 1.65. The van der Waals surface area contributed by atoms with Crippen LogP contribution in [0.2, 0.25) is 0 Å². The Bertz CT molecular complexity index is 607. The Hall–Kier alpha value is -1.52. The molecular weight excluding hydrogens is 266 g/mol. The van der Waals surface area contributed by atoms with Crippen LogP contribution in [0.4, 0.5) is 0 Å². The quantitative estimate of drug-likeness (QED) is 0.906. The van der Waals surface area contributed by atoms with Gasteiger partial charge in [-0.3, -0.25) is 0 Å². The van der Waals surface area contributed by atoms with Gasteiger partial charge >= 0.3 is 0 Å². The second kappa shape index (κ2) is 6.08. The molecule has 1 aliphatic rings. The van der Waals surface area contributed by atoms with Crippen LogP contribution in [0.3, 0.4) is 0 Å². The normalized spacial score (nSPS) is 24.1. The second-order valence-corrected chi connectivity index (χ2v) is 5.87. The van der Waals surface area contributed by atoms with Crippen molar-refractivity contribution in [1.82, 2.24) is 5.32 Å². The average molecular weight is 289 g/mol. The van der Waals surface area contributed by atoms with E-state index in [4.69, 9.17) is 9.15 Å². The highest BCUT2D eigenvalue weighted by Crippen LogP contribution is 2.31. The molecule has 1 aromatic heterocycles. The standard InChI is InChI=1S/C17H23NO3/c1-11(18-13-7-3-4-8-14(13)19)16-10-12-6-5-9-15(20-2)17(12)21-16/h5-6,9-11,13-14,18-19H,3-4,7-8H2,1-2H3. The molecule has 1 saturated carbocycles. The smallest absolute Gasteiger partial charge is 0.176 e. The number of methoxy groups -OCH3 is 1. The minimum absolute atomic E-state index is 0.0693. The zero-order valence-corrected chi connectivity index (χ0v) is 12.6. The van der Waals surface area contributed by atoms with Crippen LogP contribution in [-0.4, -0.2) is 24.4 Å². The van der Waals surface area contributed by atoms with Crippen LogP contribution in [0.5, 0.6) is 5.75 Å². The number of para-hydroxylation sites is 1. The summed E-state index contributed by atoms with van der Waals surface area (Å²) < 4.78 is 11.3. The van der Waals surface area contributed by atoms with Crippen molar-refractivity contribution in [3.8, 4) is 5.75 Å². The maximum atomic E-state index is 10.1. The van der Waals surface area contributed by atoms with Crippen molar-refractivity contribution in [2.24, 2.45) is 0 Å². The molecule has 3 atom stereocenters. The molecule has 3 unspecified atom stereocenters. The third-order valence-electron chi connectivity index (χ3n) is 4.37. The van der Waals surface area contributed by atoms with E-state index in [2.05, 4.69) is 12.2 Å². The highest BCUT2D eigenvalue weighted by atomic mass is 16.5. The molecule has 1 aromatic carbocycles. The first-order chi connectivity index (χ1) is 10.2. The summed E-state index contributed by atoms with van der Waals surface area (Å²) in [4.78, 5) is 0. The number of benzene rings is 1. The topological polar surface area (TPSA) is 54.6 Å². The lowest BCUT2D eigenvalue weighted by Gasteiger charge is -2.30. The number of aliphatic hydroxyl groups excluding tert-OH is 1. The first-order valence-corrected chi connectivity index (χ1v) is 7.69. The number of hydrogen-bond acceptors (Lipinski definition) is 4. The van der Waals surface area contributed by atoms with Crippen LogP contribution in [0, 0.1) is 0 Å². The van der Waals surface area contributed by atoms with Crippen molar-refractivity contribution < 1.29 is 14.3 Å². The molecule has 2 N–H and O–H groups in total. The number of furan rings is 1. The summed E-state index contributed by atoms with van der Waals surface area (Å²) >= 11 is 0. The Balaban J connectivity index is 1.79. The first-order valence-electron chi connectivity index (χ1n) is 7.69. The van der Waals surface area contributed by atoms with Gasteiger partial charge in [-0.25, -0.2) is 0 Å². The predicted molar refractivity (Wildman–Crippen MR) is 82.6 cm³/mol. The molecule has 0 saturated heterocycles. The fourth-order valence-electron chi connectivity index (χ4n) is 3.14. The summed E-state index contributed by atoms with van der Waals surface area (Å²) in [6.45, 7) is 2.07. The van der Waals surface area contributed by atoms with Gasteiger partial charge in [0.05, 0.1) is 19.3 Å². The van der Waals surface area contributed by atoms with E-state index in [1.807, 2.05) is 24.3 Å². The highest BCUT2D eigenvalue weighted by molar-refractivity contribution is 5.83. The molecule has 1 heterocycles. The maximum Gasteiger partial charge on any atom is 0.176 e. The molecule has 4 heteroatoms. The maximum absolute atomic E-state index is 10.1. The number of aliphatic hydroxyl groups is 1. The molecule has 21 heavy (non-hydrogen) atoms. The van der Waals surface area contributed by atoms with Crippen molar-refractivity contribution in [3.63, 3.8) is 0 Å². The van der Waals surface area contributed by atoms with Gasteiger partial charge in [-0.1, -0.05) is 25.0 Å². The molecule has 0 spiro atoms. The van der Waals surface area contributed by atoms with Gasteiger partial charge in [-0.05, 0) is 31.9 Å². The van der Waals surface area contributed by atoms with Gasteiger partial charge < -0.3 is 19.6 Å². The number of fused-ring (bicyclic) bond motifs is 1.